The van der Waals surface area contributed by atoms with Crippen molar-refractivity contribution in [3.05, 3.63) is 12.2 Å². The van der Waals surface area contributed by atoms with Crippen molar-refractivity contribution in [1.82, 2.24) is 0 Å². The third kappa shape index (κ3) is 1.71. The van der Waals surface area contributed by atoms with Crippen molar-refractivity contribution >= 4 is 11.9 Å². The minimum Gasteiger partial charge on any atom is -0.481 e. The monoisotopic (exact) mass is 184 g/mol. The zero-order valence-corrected chi connectivity index (χ0v) is 7.45. The number of carboxylic acid groups (broad SMARTS) is 1. The number of hydrogen-bond acceptors (Lipinski definition) is 3. The van der Waals surface area contributed by atoms with Crippen LogP contribution in [-0.2, 0) is 14.3 Å². The van der Waals surface area contributed by atoms with Crippen LogP contribution in [0.3, 0.4) is 0 Å². The molecule has 1 aliphatic rings. The molecule has 0 aromatic rings. The minimum atomic E-state index is -1.03. The number of carbonyl (C=O) groups is 2. The maximum atomic E-state index is 11.0. The van der Waals surface area contributed by atoms with Gasteiger partial charge in [0.05, 0.1) is 0 Å². The van der Waals surface area contributed by atoms with E-state index < -0.39 is 24.0 Å². The van der Waals surface area contributed by atoms with Gasteiger partial charge in [0, 0.05) is 5.57 Å². The van der Waals surface area contributed by atoms with Crippen LogP contribution in [0.2, 0.25) is 0 Å². The fourth-order valence-electron chi connectivity index (χ4n) is 1.45. The Morgan fingerprint density at radius 1 is 1.69 bits per heavy atom. The Labute approximate surface area is 76.2 Å². The molecular weight excluding hydrogens is 172 g/mol. The van der Waals surface area contributed by atoms with E-state index in [0.29, 0.717) is 6.42 Å². The molecule has 1 N–H and O–H groups in total. The maximum absolute atomic E-state index is 11.0. The number of ether oxygens (including phenoxy) is 1. The molecule has 1 heterocycles. The van der Waals surface area contributed by atoms with Crippen molar-refractivity contribution in [3.63, 3.8) is 0 Å². The van der Waals surface area contributed by atoms with Crippen LogP contribution in [0.4, 0.5) is 0 Å². The van der Waals surface area contributed by atoms with E-state index >= 15 is 0 Å². The van der Waals surface area contributed by atoms with E-state index in [1.165, 1.54) is 0 Å². The van der Waals surface area contributed by atoms with Gasteiger partial charge in [-0.3, -0.25) is 4.79 Å². The normalized spacial score (nSPS) is 27.5. The highest BCUT2D eigenvalue weighted by atomic mass is 16.6. The molecule has 0 radical (unpaired) electrons. The third-order valence-electron chi connectivity index (χ3n) is 2.11. The van der Waals surface area contributed by atoms with E-state index in [1.54, 1.807) is 0 Å². The van der Waals surface area contributed by atoms with Crippen molar-refractivity contribution in [3.8, 4) is 0 Å². The fraction of sp³-hybridized carbons (Fsp3) is 0.556. The van der Waals surface area contributed by atoms with E-state index in [0.717, 1.165) is 6.42 Å². The molecule has 0 aromatic heterocycles. The van der Waals surface area contributed by atoms with Gasteiger partial charge in [0.1, 0.15) is 12.0 Å². The molecule has 13 heavy (non-hydrogen) atoms. The molecule has 1 unspecified atom stereocenters. The highest BCUT2D eigenvalue weighted by Crippen LogP contribution is 2.29. The Morgan fingerprint density at radius 3 is 2.77 bits per heavy atom. The molecule has 72 valence electrons. The summed E-state index contributed by atoms with van der Waals surface area (Å²) >= 11 is 0. The predicted octanol–water partition coefficient (Wildman–Crippen LogP) is 0.969. The summed E-state index contributed by atoms with van der Waals surface area (Å²) in [4.78, 5) is 21.7. The van der Waals surface area contributed by atoms with Crippen LogP contribution < -0.4 is 0 Å². The van der Waals surface area contributed by atoms with E-state index in [2.05, 4.69) is 6.58 Å². The summed E-state index contributed by atoms with van der Waals surface area (Å²) in [6.07, 6.45) is 0.832. The van der Waals surface area contributed by atoms with Gasteiger partial charge in [-0.05, 0) is 6.42 Å². The van der Waals surface area contributed by atoms with Gasteiger partial charge in [-0.2, -0.15) is 0 Å². The van der Waals surface area contributed by atoms with E-state index in [4.69, 9.17) is 9.84 Å². The average Bonchev–Trinajstić information content (AvgIpc) is 2.28. The minimum absolute atomic E-state index is 0.0611. The standard InChI is InChI=1S/C9H12O4/c1-3-4-6-7(8(10)11)5(2)9(12)13-6/h6-7H,2-4H2,1H3,(H,10,11)/t6-,7?/m0/s1. The number of cyclic esters (lactones) is 1. The zero-order valence-electron chi connectivity index (χ0n) is 7.45. The predicted molar refractivity (Wildman–Crippen MR) is 45.1 cm³/mol. The van der Waals surface area contributed by atoms with E-state index in [9.17, 15) is 9.59 Å². The second-order valence-corrected chi connectivity index (χ2v) is 3.07. The Balaban J connectivity index is 2.80. The lowest BCUT2D eigenvalue weighted by Crippen LogP contribution is -2.24. The molecule has 4 heteroatoms. The Hall–Kier alpha value is -1.32. The van der Waals surface area contributed by atoms with Crippen LogP contribution in [0.25, 0.3) is 0 Å². The first-order valence-corrected chi connectivity index (χ1v) is 4.20. The van der Waals surface area contributed by atoms with Crippen molar-refractivity contribution in [2.45, 2.75) is 25.9 Å². The molecule has 4 nitrogen and oxygen atoms in total. The quantitative estimate of drug-likeness (QED) is 0.524. The molecule has 0 aliphatic carbocycles. The molecule has 0 aromatic carbocycles. The van der Waals surface area contributed by atoms with E-state index in [1.807, 2.05) is 6.92 Å². The lowest BCUT2D eigenvalue weighted by Gasteiger charge is -2.11. The van der Waals surface area contributed by atoms with Crippen molar-refractivity contribution in [1.29, 1.82) is 0 Å². The molecule has 1 fully saturated rings. The van der Waals surface area contributed by atoms with Gasteiger partial charge >= 0.3 is 11.9 Å². The largest absolute Gasteiger partial charge is 0.481 e. The van der Waals surface area contributed by atoms with Crippen molar-refractivity contribution in [2.75, 3.05) is 0 Å². The summed E-state index contributed by atoms with van der Waals surface area (Å²) in [6.45, 7) is 5.33. The molecule has 1 saturated heterocycles. The van der Waals surface area contributed by atoms with Crippen LogP contribution in [0.15, 0.2) is 12.2 Å². The molecular formula is C9H12O4. The summed E-state index contributed by atoms with van der Waals surface area (Å²) in [7, 11) is 0. The van der Waals surface area contributed by atoms with Gasteiger partial charge in [-0.25, -0.2) is 4.79 Å². The fourth-order valence-corrected chi connectivity index (χ4v) is 1.45. The second kappa shape index (κ2) is 3.60. The van der Waals surface area contributed by atoms with Gasteiger partial charge in [-0.15, -0.1) is 0 Å². The third-order valence-corrected chi connectivity index (χ3v) is 2.11. The number of esters is 1. The number of carbonyl (C=O) groups excluding carboxylic acids is 1. The first kappa shape index (κ1) is 9.77. The van der Waals surface area contributed by atoms with Crippen LogP contribution in [-0.4, -0.2) is 23.1 Å². The summed E-state index contributed by atoms with van der Waals surface area (Å²) in [5.41, 5.74) is 0.0611. The lowest BCUT2D eigenvalue weighted by atomic mass is 9.95. The SMILES string of the molecule is C=C1C(=O)O[C@@H](CCC)C1C(=O)O. The molecule has 0 spiro atoms. The topological polar surface area (TPSA) is 63.6 Å². The Morgan fingerprint density at radius 2 is 2.31 bits per heavy atom. The van der Waals surface area contributed by atoms with Gasteiger partial charge in [0.25, 0.3) is 0 Å². The molecule has 1 rings (SSSR count). The zero-order chi connectivity index (χ0) is 10.0. The van der Waals surface area contributed by atoms with Crippen LogP contribution >= 0.6 is 0 Å². The maximum Gasteiger partial charge on any atom is 0.334 e. The molecule has 2 atom stereocenters. The first-order valence-electron chi connectivity index (χ1n) is 4.20. The van der Waals surface area contributed by atoms with Gasteiger partial charge in [0.15, 0.2) is 0 Å². The highest BCUT2D eigenvalue weighted by molar-refractivity contribution is 5.97. The second-order valence-electron chi connectivity index (χ2n) is 3.07. The number of aliphatic carboxylic acids is 1. The summed E-state index contributed by atoms with van der Waals surface area (Å²) in [5, 5.41) is 8.81. The Bertz CT molecular complexity index is 256. The number of hydrogen-bond donors (Lipinski definition) is 1. The summed E-state index contributed by atoms with van der Waals surface area (Å²) in [5.74, 6) is -2.47. The Kier molecular flexibility index (Phi) is 2.70. The smallest absolute Gasteiger partial charge is 0.334 e. The molecule has 0 bridgehead atoms. The van der Waals surface area contributed by atoms with Gasteiger partial charge in [0.2, 0.25) is 0 Å². The lowest BCUT2D eigenvalue weighted by molar-refractivity contribution is -0.144. The van der Waals surface area contributed by atoms with Crippen LogP contribution in [0, 0.1) is 5.92 Å². The van der Waals surface area contributed by atoms with Crippen molar-refractivity contribution in [2.24, 2.45) is 5.92 Å². The molecule has 0 saturated carbocycles. The van der Waals surface area contributed by atoms with Crippen LogP contribution in [0.5, 0.6) is 0 Å². The van der Waals surface area contributed by atoms with E-state index in [-0.39, 0.29) is 5.57 Å². The van der Waals surface area contributed by atoms with Gasteiger partial charge in [-0.1, -0.05) is 19.9 Å². The molecule has 0 amide bonds. The highest BCUT2D eigenvalue weighted by Gasteiger charge is 2.42. The van der Waals surface area contributed by atoms with Gasteiger partial charge < -0.3 is 9.84 Å². The number of carboxylic acids is 1. The summed E-state index contributed by atoms with van der Waals surface area (Å²) in [6, 6.07) is 0. The van der Waals surface area contributed by atoms with Crippen LogP contribution in [0.1, 0.15) is 19.8 Å². The summed E-state index contributed by atoms with van der Waals surface area (Å²) < 4.78 is 4.87. The number of rotatable bonds is 3. The first-order chi connectivity index (χ1) is 6.07. The molecule has 1 aliphatic heterocycles. The van der Waals surface area contributed by atoms with Crippen molar-refractivity contribution < 1.29 is 19.4 Å². The average molecular weight is 184 g/mol.